The number of hydrogen-bond acceptors (Lipinski definition) is 5. The van der Waals surface area contributed by atoms with Crippen molar-refractivity contribution in [3.05, 3.63) is 101 Å². The number of carbonyl (C=O) groups excluding carboxylic acids is 1. The van der Waals surface area contributed by atoms with Gasteiger partial charge in [0.2, 0.25) is 0 Å². The van der Waals surface area contributed by atoms with Crippen molar-refractivity contribution in [3.8, 4) is 5.75 Å². The molecule has 0 radical (unpaired) electrons. The lowest BCUT2D eigenvalue weighted by Gasteiger charge is -2.30. The molecule has 6 nitrogen and oxygen atoms in total. The van der Waals surface area contributed by atoms with E-state index in [0.29, 0.717) is 28.0 Å². The molecule has 0 spiro atoms. The molecular formula is C26H27NO5. The Kier molecular flexibility index (Phi) is 6.16. The zero-order valence-electron chi connectivity index (χ0n) is 18.8. The van der Waals surface area contributed by atoms with E-state index in [1.807, 2.05) is 42.5 Å². The number of amides is 1. The third kappa shape index (κ3) is 4.39. The van der Waals surface area contributed by atoms with E-state index in [9.17, 15) is 15.0 Å². The molecule has 0 aliphatic carbocycles. The summed E-state index contributed by atoms with van der Waals surface area (Å²) in [5.41, 5.74) is 0.975. The lowest BCUT2D eigenvalue weighted by atomic mass is 9.80. The van der Waals surface area contributed by atoms with Gasteiger partial charge >= 0.3 is 0 Å². The van der Waals surface area contributed by atoms with Crippen LogP contribution in [0.3, 0.4) is 0 Å². The summed E-state index contributed by atoms with van der Waals surface area (Å²) >= 11 is 0. The smallest absolute Gasteiger partial charge is 0.251 e. The first kappa shape index (κ1) is 20.7. The molecule has 1 unspecified atom stereocenters. The normalized spacial score (nSPS) is 22.6. The molecule has 1 aliphatic heterocycles. The Morgan fingerprint density at radius 1 is 1.06 bits per heavy atom. The summed E-state index contributed by atoms with van der Waals surface area (Å²) in [5.74, 6) is 0.368. The Morgan fingerprint density at radius 3 is 2.22 bits per heavy atom. The molecule has 4 atom stereocenters. The standard InChI is InChI=1S/C26H27NO5/c1-31-22-13-11-21(12-14-22)26(30,19-5-3-2-4-6-19)20-9-7-18(8-10-20)25(29)27-17-24-23(28)15-16-32-24/h2-14,23-24,28,30H,15-17H2,1H3,(H,27,29)/t23-,24+,26?/m0/s1/i16T/t16-,23-,24+,26?. The Balaban J connectivity index is 1.57. The molecule has 1 heterocycles. The maximum absolute atomic E-state index is 12.6. The van der Waals surface area contributed by atoms with E-state index in [-0.39, 0.29) is 18.9 Å². The number of carbonyl (C=O) groups is 1. The molecule has 1 fully saturated rings. The highest BCUT2D eigenvalue weighted by Gasteiger charge is 2.34. The lowest BCUT2D eigenvalue weighted by Crippen LogP contribution is -2.37. The quantitative estimate of drug-likeness (QED) is 0.497. The van der Waals surface area contributed by atoms with Crippen molar-refractivity contribution >= 4 is 5.91 Å². The van der Waals surface area contributed by atoms with Crippen LogP contribution in [0.4, 0.5) is 0 Å². The summed E-state index contributed by atoms with van der Waals surface area (Å²) in [6, 6.07) is 23.3. The number of hydrogen-bond donors (Lipinski definition) is 3. The van der Waals surface area contributed by atoms with Gasteiger partial charge in [0, 0.05) is 18.7 Å². The van der Waals surface area contributed by atoms with Gasteiger partial charge in [-0.2, -0.15) is 0 Å². The van der Waals surface area contributed by atoms with Gasteiger partial charge < -0.3 is 25.0 Å². The lowest BCUT2D eigenvalue weighted by molar-refractivity contribution is 0.0416. The molecule has 4 rings (SSSR count). The van der Waals surface area contributed by atoms with Gasteiger partial charge in [-0.05, 0) is 47.4 Å². The first-order valence-electron chi connectivity index (χ1n) is 11.1. The molecule has 1 amide bonds. The number of nitrogens with one attached hydrogen (secondary N) is 1. The molecular weight excluding hydrogens is 406 g/mol. The topological polar surface area (TPSA) is 88.0 Å². The average Bonchev–Trinajstić information content (AvgIpc) is 3.19. The summed E-state index contributed by atoms with van der Waals surface area (Å²) < 4.78 is 18.1. The predicted molar refractivity (Wildman–Crippen MR) is 121 cm³/mol. The second-order valence-electron chi connectivity index (χ2n) is 7.74. The monoisotopic (exact) mass is 435 g/mol. The fourth-order valence-corrected chi connectivity index (χ4v) is 3.87. The molecule has 0 aromatic heterocycles. The minimum atomic E-state index is -1.42. The summed E-state index contributed by atoms with van der Waals surface area (Å²) in [6.45, 7) is -0.647. The van der Waals surface area contributed by atoms with Gasteiger partial charge in [-0.1, -0.05) is 54.6 Å². The second kappa shape index (κ2) is 9.53. The number of ether oxygens (including phenoxy) is 2. The van der Waals surface area contributed by atoms with Crippen molar-refractivity contribution < 1.29 is 25.9 Å². The van der Waals surface area contributed by atoms with Crippen molar-refractivity contribution in [3.63, 3.8) is 0 Å². The molecule has 1 saturated heterocycles. The third-order valence-corrected chi connectivity index (χ3v) is 5.77. The molecule has 6 heteroatoms. The van der Waals surface area contributed by atoms with Crippen molar-refractivity contribution in [2.24, 2.45) is 0 Å². The van der Waals surface area contributed by atoms with E-state index in [0.717, 1.165) is 0 Å². The number of benzene rings is 3. The molecule has 32 heavy (non-hydrogen) atoms. The van der Waals surface area contributed by atoms with Crippen LogP contribution in [0.5, 0.6) is 5.75 Å². The van der Waals surface area contributed by atoms with E-state index in [4.69, 9.17) is 10.8 Å². The second-order valence-corrected chi connectivity index (χ2v) is 7.74. The van der Waals surface area contributed by atoms with Crippen molar-refractivity contribution in [2.45, 2.75) is 24.2 Å². The van der Waals surface area contributed by atoms with Gasteiger partial charge in [-0.15, -0.1) is 0 Å². The number of rotatable bonds is 7. The number of methoxy groups -OCH3 is 1. The van der Waals surface area contributed by atoms with Crippen LogP contribution >= 0.6 is 0 Å². The van der Waals surface area contributed by atoms with Crippen LogP contribution < -0.4 is 10.1 Å². The molecule has 1 aliphatic rings. The highest BCUT2D eigenvalue weighted by Crippen LogP contribution is 2.37. The first-order valence-corrected chi connectivity index (χ1v) is 10.5. The van der Waals surface area contributed by atoms with E-state index in [1.54, 1.807) is 43.5 Å². The van der Waals surface area contributed by atoms with Gasteiger partial charge in [-0.3, -0.25) is 4.79 Å². The van der Waals surface area contributed by atoms with Gasteiger partial charge in [0.25, 0.3) is 5.91 Å². The molecule has 166 valence electrons. The zero-order valence-corrected chi connectivity index (χ0v) is 17.8. The Bertz CT molecular complexity index is 1070. The van der Waals surface area contributed by atoms with Crippen molar-refractivity contribution in [1.82, 2.24) is 5.32 Å². The van der Waals surface area contributed by atoms with E-state index in [1.165, 1.54) is 0 Å². The molecule has 0 saturated carbocycles. The van der Waals surface area contributed by atoms with Crippen LogP contribution in [0.15, 0.2) is 78.9 Å². The minimum absolute atomic E-state index is 0.122. The Morgan fingerprint density at radius 2 is 1.66 bits per heavy atom. The van der Waals surface area contributed by atoms with E-state index < -0.39 is 24.4 Å². The van der Waals surface area contributed by atoms with Gasteiger partial charge in [-0.25, -0.2) is 0 Å². The van der Waals surface area contributed by atoms with Gasteiger partial charge in [0.05, 0.1) is 14.6 Å². The van der Waals surface area contributed by atoms with Crippen molar-refractivity contribution in [1.29, 1.82) is 0 Å². The summed E-state index contributed by atoms with van der Waals surface area (Å²) in [6.07, 6.45) is -1.12. The Labute approximate surface area is 188 Å². The molecule has 0 bridgehead atoms. The maximum atomic E-state index is 12.6. The van der Waals surface area contributed by atoms with Gasteiger partial charge in [0.1, 0.15) is 17.5 Å². The van der Waals surface area contributed by atoms with Crippen LogP contribution in [0.1, 0.15) is 34.8 Å². The molecule has 3 aromatic rings. The fourth-order valence-electron chi connectivity index (χ4n) is 3.87. The molecule has 3 aromatic carbocycles. The highest BCUT2D eigenvalue weighted by atomic mass is 16.5. The highest BCUT2D eigenvalue weighted by molar-refractivity contribution is 5.94. The average molecular weight is 436 g/mol. The minimum Gasteiger partial charge on any atom is -0.497 e. The Hall–Kier alpha value is -3.19. The summed E-state index contributed by atoms with van der Waals surface area (Å²) in [5, 5.41) is 24.5. The van der Waals surface area contributed by atoms with Gasteiger partial charge in [0.15, 0.2) is 0 Å². The fraction of sp³-hybridized carbons (Fsp3) is 0.269. The van der Waals surface area contributed by atoms with E-state index >= 15 is 0 Å². The van der Waals surface area contributed by atoms with Crippen LogP contribution in [-0.4, -0.2) is 48.6 Å². The predicted octanol–water partition coefficient (Wildman–Crippen LogP) is 2.86. The first-order chi connectivity index (χ1) is 15.9. The van der Waals surface area contributed by atoms with E-state index in [2.05, 4.69) is 5.32 Å². The van der Waals surface area contributed by atoms with Crippen LogP contribution in [0.25, 0.3) is 0 Å². The largest absolute Gasteiger partial charge is 0.497 e. The number of aliphatic hydroxyl groups excluding tert-OH is 1. The maximum Gasteiger partial charge on any atom is 0.251 e. The third-order valence-electron chi connectivity index (χ3n) is 5.77. The van der Waals surface area contributed by atoms with Crippen molar-refractivity contribution in [2.75, 3.05) is 20.2 Å². The van der Waals surface area contributed by atoms with Crippen LogP contribution in [0, 0.1) is 0 Å². The summed E-state index contributed by atoms with van der Waals surface area (Å²) in [4.78, 5) is 12.6. The molecule has 3 N–H and O–H groups in total. The summed E-state index contributed by atoms with van der Waals surface area (Å²) in [7, 11) is 1.59. The SMILES string of the molecule is [3H][C@H]1C[C@H](O)[C@@H](CNC(=O)c2ccc(C(O)(c3ccccc3)c3ccc(OC)cc3)cc2)O1. The van der Waals surface area contributed by atoms with Crippen LogP contribution in [0.2, 0.25) is 0 Å². The zero-order chi connectivity index (χ0) is 23.4. The van der Waals surface area contributed by atoms with Crippen LogP contribution in [-0.2, 0) is 10.3 Å². The number of aliphatic hydroxyl groups is 2.